The van der Waals surface area contributed by atoms with E-state index in [-0.39, 0.29) is 6.54 Å². The van der Waals surface area contributed by atoms with Gasteiger partial charge in [-0.25, -0.2) is 0 Å². The molecule has 0 spiro atoms. The van der Waals surface area contributed by atoms with Crippen molar-refractivity contribution in [2.24, 2.45) is 5.73 Å². The molecule has 3 heteroatoms. The third kappa shape index (κ3) is 1.86. The molecule has 1 atom stereocenters. The Bertz CT molecular complexity index is 275. The number of hydrogen-bond acceptors (Lipinski definition) is 2. The maximum atomic E-state index is 9.49. The van der Waals surface area contributed by atoms with Crippen LogP contribution in [0.5, 0.6) is 0 Å². The van der Waals surface area contributed by atoms with E-state index in [2.05, 4.69) is 15.9 Å². The van der Waals surface area contributed by atoms with Gasteiger partial charge in [-0.15, -0.1) is 0 Å². The monoisotopic (exact) mass is 229 g/mol. The van der Waals surface area contributed by atoms with Crippen LogP contribution in [-0.2, 0) is 0 Å². The third-order valence-corrected chi connectivity index (χ3v) is 2.75. The summed E-state index contributed by atoms with van der Waals surface area (Å²) in [7, 11) is 0. The minimum absolute atomic E-state index is 0.261. The highest BCUT2D eigenvalue weighted by Crippen LogP contribution is 2.23. The van der Waals surface area contributed by atoms with Crippen LogP contribution in [0.3, 0.4) is 0 Å². The van der Waals surface area contributed by atoms with Gasteiger partial charge in [0.1, 0.15) is 0 Å². The van der Waals surface area contributed by atoms with E-state index >= 15 is 0 Å². The molecule has 1 rings (SSSR count). The molecule has 66 valence electrons. The Labute approximate surface area is 80.5 Å². The van der Waals surface area contributed by atoms with Crippen LogP contribution in [0.2, 0.25) is 0 Å². The Morgan fingerprint density at radius 1 is 1.58 bits per heavy atom. The molecular formula is C9H12BrNO. The molecule has 0 fully saturated rings. The molecule has 0 amide bonds. The van der Waals surface area contributed by atoms with E-state index in [9.17, 15) is 5.11 Å². The summed E-state index contributed by atoms with van der Waals surface area (Å²) in [5, 5.41) is 9.49. The van der Waals surface area contributed by atoms with Crippen molar-refractivity contribution in [1.29, 1.82) is 0 Å². The average molecular weight is 230 g/mol. The summed E-state index contributed by atoms with van der Waals surface area (Å²) < 4.78 is 1.01. The summed E-state index contributed by atoms with van der Waals surface area (Å²) in [6.07, 6.45) is -0.553. The lowest BCUT2D eigenvalue weighted by Crippen LogP contribution is -2.12. The Morgan fingerprint density at radius 3 is 2.83 bits per heavy atom. The van der Waals surface area contributed by atoms with Gasteiger partial charge in [-0.05, 0) is 24.1 Å². The third-order valence-electron chi connectivity index (χ3n) is 1.89. The smallest absolute Gasteiger partial charge is 0.0915 e. The van der Waals surface area contributed by atoms with E-state index in [0.29, 0.717) is 0 Å². The molecule has 0 unspecified atom stereocenters. The molecule has 0 aliphatic heterocycles. The number of halogens is 1. The first kappa shape index (κ1) is 9.71. The van der Waals surface area contributed by atoms with Crippen molar-refractivity contribution in [3.8, 4) is 0 Å². The number of aliphatic hydroxyl groups is 1. The van der Waals surface area contributed by atoms with Crippen LogP contribution in [0.15, 0.2) is 22.7 Å². The fourth-order valence-corrected chi connectivity index (χ4v) is 1.49. The summed E-state index contributed by atoms with van der Waals surface area (Å²) in [6.45, 7) is 2.22. The second-order valence-electron chi connectivity index (χ2n) is 2.71. The maximum absolute atomic E-state index is 9.49. The Kier molecular flexibility index (Phi) is 3.26. The molecule has 1 aromatic carbocycles. The van der Waals surface area contributed by atoms with Crippen molar-refractivity contribution in [1.82, 2.24) is 0 Å². The van der Waals surface area contributed by atoms with E-state index in [4.69, 9.17) is 5.73 Å². The Hall–Kier alpha value is -0.380. The molecular weight excluding hydrogens is 218 g/mol. The first-order valence-corrected chi connectivity index (χ1v) is 4.59. The van der Waals surface area contributed by atoms with Crippen LogP contribution >= 0.6 is 15.9 Å². The summed E-state index contributed by atoms with van der Waals surface area (Å²) in [5.74, 6) is 0. The summed E-state index contributed by atoms with van der Waals surface area (Å²) in [5.41, 5.74) is 7.30. The fourth-order valence-electron chi connectivity index (χ4n) is 1.11. The van der Waals surface area contributed by atoms with Gasteiger partial charge in [0.05, 0.1) is 6.10 Å². The van der Waals surface area contributed by atoms with Crippen LogP contribution in [-0.4, -0.2) is 11.7 Å². The van der Waals surface area contributed by atoms with Gasteiger partial charge < -0.3 is 10.8 Å². The first-order chi connectivity index (χ1) is 5.66. The number of rotatable bonds is 2. The minimum atomic E-state index is -0.553. The highest BCUT2D eigenvalue weighted by atomic mass is 79.9. The highest BCUT2D eigenvalue weighted by Gasteiger charge is 2.08. The zero-order valence-corrected chi connectivity index (χ0v) is 8.51. The largest absolute Gasteiger partial charge is 0.387 e. The Balaban J connectivity index is 3.07. The molecule has 0 saturated carbocycles. The molecule has 0 aromatic heterocycles. The van der Waals surface area contributed by atoms with Gasteiger partial charge in [-0.3, -0.25) is 0 Å². The summed E-state index contributed by atoms with van der Waals surface area (Å²) in [4.78, 5) is 0. The van der Waals surface area contributed by atoms with Gasteiger partial charge in [-0.1, -0.05) is 28.1 Å². The normalized spacial score (nSPS) is 13.0. The quantitative estimate of drug-likeness (QED) is 0.812. The van der Waals surface area contributed by atoms with E-state index in [1.807, 2.05) is 25.1 Å². The van der Waals surface area contributed by atoms with E-state index in [1.54, 1.807) is 0 Å². The maximum Gasteiger partial charge on any atom is 0.0915 e. The molecule has 2 nitrogen and oxygen atoms in total. The second kappa shape index (κ2) is 4.03. The molecule has 1 aromatic rings. The molecule has 0 heterocycles. The van der Waals surface area contributed by atoms with Gasteiger partial charge in [0.25, 0.3) is 0 Å². The molecule has 0 bridgehead atoms. The molecule has 0 aliphatic rings. The van der Waals surface area contributed by atoms with Crippen LogP contribution in [0, 0.1) is 6.92 Å². The van der Waals surface area contributed by atoms with Gasteiger partial charge in [-0.2, -0.15) is 0 Å². The summed E-state index contributed by atoms with van der Waals surface area (Å²) in [6, 6.07) is 5.73. The molecule has 0 aliphatic carbocycles. The predicted molar refractivity (Wildman–Crippen MR) is 52.9 cm³/mol. The van der Waals surface area contributed by atoms with Crippen LogP contribution in [0.25, 0.3) is 0 Å². The highest BCUT2D eigenvalue weighted by molar-refractivity contribution is 9.10. The number of hydrogen-bond donors (Lipinski definition) is 2. The lowest BCUT2D eigenvalue weighted by Gasteiger charge is -2.11. The molecule has 0 saturated heterocycles. The van der Waals surface area contributed by atoms with Crippen molar-refractivity contribution >= 4 is 15.9 Å². The van der Waals surface area contributed by atoms with Crippen molar-refractivity contribution < 1.29 is 5.11 Å². The van der Waals surface area contributed by atoms with Crippen molar-refractivity contribution in [2.75, 3.05) is 6.54 Å². The van der Waals surface area contributed by atoms with Crippen LogP contribution < -0.4 is 5.73 Å². The number of nitrogens with two attached hydrogens (primary N) is 1. The van der Waals surface area contributed by atoms with Crippen molar-refractivity contribution in [3.63, 3.8) is 0 Å². The second-order valence-corrected chi connectivity index (χ2v) is 3.56. The molecule has 0 radical (unpaired) electrons. The van der Waals surface area contributed by atoms with Crippen molar-refractivity contribution in [2.45, 2.75) is 13.0 Å². The van der Waals surface area contributed by atoms with Gasteiger partial charge in [0.15, 0.2) is 0 Å². The fraction of sp³-hybridized carbons (Fsp3) is 0.333. The van der Waals surface area contributed by atoms with Crippen LogP contribution in [0.1, 0.15) is 17.2 Å². The Morgan fingerprint density at radius 2 is 2.25 bits per heavy atom. The average Bonchev–Trinajstić information content (AvgIpc) is 2.08. The molecule has 3 N–H and O–H groups in total. The molecule has 12 heavy (non-hydrogen) atoms. The zero-order valence-electron chi connectivity index (χ0n) is 6.92. The predicted octanol–water partition coefficient (Wildman–Crippen LogP) is 1.75. The summed E-state index contributed by atoms with van der Waals surface area (Å²) >= 11 is 3.39. The minimum Gasteiger partial charge on any atom is -0.387 e. The SMILES string of the molecule is Cc1c(Br)cccc1[C@H](O)CN. The van der Waals surface area contributed by atoms with E-state index in [1.165, 1.54) is 0 Å². The van der Waals surface area contributed by atoms with E-state index in [0.717, 1.165) is 15.6 Å². The standard InChI is InChI=1S/C9H12BrNO/c1-6-7(9(12)5-11)3-2-4-8(6)10/h2-4,9,12H,5,11H2,1H3/t9-/m1/s1. The van der Waals surface area contributed by atoms with E-state index < -0.39 is 6.10 Å². The number of benzene rings is 1. The lowest BCUT2D eigenvalue weighted by atomic mass is 10.0. The van der Waals surface area contributed by atoms with Gasteiger partial charge >= 0.3 is 0 Å². The first-order valence-electron chi connectivity index (χ1n) is 3.80. The number of aliphatic hydroxyl groups excluding tert-OH is 1. The van der Waals surface area contributed by atoms with Gasteiger partial charge in [0, 0.05) is 11.0 Å². The van der Waals surface area contributed by atoms with Crippen LogP contribution in [0.4, 0.5) is 0 Å². The van der Waals surface area contributed by atoms with Gasteiger partial charge in [0.2, 0.25) is 0 Å². The van der Waals surface area contributed by atoms with Crippen molar-refractivity contribution in [3.05, 3.63) is 33.8 Å². The topological polar surface area (TPSA) is 46.2 Å². The lowest BCUT2D eigenvalue weighted by molar-refractivity contribution is 0.186. The zero-order chi connectivity index (χ0) is 9.14.